The maximum Gasteiger partial charge on any atom is 0.312 e. The Morgan fingerprint density at radius 3 is 2.61 bits per heavy atom. The van der Waals surface area contributed by atoms with Gasteiger partial charge in [-0.25, -0.2) is 0 Å². The highest BCUT2D eigenvalue weighted by molar-refractivity contribution is 5.74. The van der Waals surface area contributed by atoms with Crippen molar-refractivity contribution in [2.45, 2.75) is 40.5 Å². The lowest BCUT2D eigenvalue weighted by Gasteiger charge is -2.24. The van der Waals surface area contributed by atoms with Gasteiger partial charge in [-0.3, -0.25) is 4.79 Å². The molecule has 0 saturated carbocycles. The van der Waals surface area contributed by atoms with E-state index in [4.69, 9.17) is 4.74 Å². The van der Waals surface area contributed by atoms with E-state index in [1.807, 2.05) is 39.0 Å². The van der Waals surface area contributed by atoms with Crippen LogP contribution in [-0.4, -0.2) is 17.7 Å². The van der Waals surface area contributed by atoms with Crippen LogP contribution in [0.5, 0.6) is 5.75 Å². The highest BCUT2D eigenvalue weighted by Gasteiger charge is 2.33. The van der Waals surface area contributed by atoms with Crippen molar-refractivity contribution in [3.8, 4) is 5.75 Å². The first-order valence-corrected chi connectivity index (χ1v) is 6.32. The van der Waals surface area contributed by atoms with Gasteiger partial charge in [-0.15, -0.1) is 0 Å². The Bertz CT molecular complexity index is 426. The summed E-state index contributed by atoms with van der Waals surface area (Å²) in [6.07, 6.45) is 1.45. The first kappa shape index (κ1) is 14.6. The highest BCUT2D eigenvalue weighted by Crippen LogP contribution is 2.27. The molecule has 3 nitrogen and oxygen atoms in total. The van der Waals surface area contributed by atoms with Gasteiger partial charge in [0.1, 0.15) is 12.4 Å². The van der Waals surface area contributed by atoms with Crippen molar-refractivity contribution in [2.75, 3.05) is 6.61 Å². The van der Waals surface area contributed by atoms with Gasteiger partial charge in [0, 0.05) is 0 Å². The molecule has 1 unspecified atom stereocenters. The second-order valence-electron chi connectivity index (χ2n) is 5.17. The Morgan fingerprint density at radius 1 is 1.39 bits per heavy atom. The van der Waals surface area contributed by atoms with Crippen LogP contribution in [-0.2, 0) is 4.79 Å². The fourth-order valence-corrected chi connectivity index (χ4v) is 1.89. The molecule has 0 saturated heterocycles. The molecule has 0 heterocycles. The average Bonchev–Trinajstić information content (AvgIpc) is 2.30. The molecule has 0 aliphatic rings. The van der Waals surface area contributed by atoms with Gasteiger partial charge in [-0.2, -0.15) is 0 Å². The molecule has 0 aliphatic carbocycles. The number of hydrogen-bond acceptors (Lipinski definition) is 2. The molecular formula is C15H22O3. The van der Waals surface area contributed by atoms with Crippen LogP contribution in [0, 0.1) is 19.3 Å². The molecule has 0 amide bonds. The van der Waals surface area contributed by atoms with Crippen LogP contribution >= 0.6 is 0 Å². The summed E-state index contributed by atoms with van der Waals surface area (Å²) >= 11 is 0. The van der Waals surface area contributed by atoms with E-state index in [0.717, 1.165) is 23.3 Å². The van der Waals surface area contributed by atoms with Crippen LogP contribution in [0.15, 0.2) is 18.2 Å². The first-order chi connectivity index (χ1) is 8.39. The van der Waals surface area contributed by atoms with E-state index >= 15 is 0 Å². The number of aryl methyl sites for hydroxylation is 2. The zero-order valence-corrected chi connectivity index (χ0v) is 11.6. The van der Waals surface area contributed by atoms with Crippen molar-refractivity contribution >= 4 is 5.97 Å². The van der Waals surface area contributed by atoms with E-state index in [9.17, 15) is 9.90 Å². The summed E-state index contributed by atoms with van der Waals surface area (Å²) in [6.45, 7) is 7.89. The molecule has 0 aliphatic heterocycles. The predicted molar refractivity (Wildman–Crippen MR) is 72.1 cm³/mol. The van der Waals surface area contributed by atoms with Crippen molar-refractivity contribution in [1.29, 1.82) is 0 Å². The van der Waals surface area contributed by atoms with E-state index < -0.39 is 11.4 Å². The number of aliphatic carboxylic acids is 1. The first-order valence-electron chi connectivity index (χ1n) is 6.32. The summed E-state index contributed by atoms with van der Waals surface area (Å²) in [5.41, 5.74) is 1.33. The van der Waals surface area contributed by atoms with Gasteiger partial charge in [0.2, 0.25) is 0 Å². The van der Waals surface area contributed by atoms with Gasteiger partial charge in [0.25, 0.3) is 0 Å². The SMILES string of the molecule is CCCC(C)(COc1cc(C)ccc1C)C(=O)O. The number of benzene rings is 1. The van der Waals surface area contributed by atoms with Crippen LogP contribution in [0.25, 0.3) is 0 Å². The van der Waals surface area contributed by atoms with Gasteiger partial charge < -0.3 is 9.84 Å². The predicted octanol–water partition coefficient (Wildman–Crippen LogP) is 3.57. The van der Waals surface area contributed by atoms with Crippen molar-refractivity contribution in [1.82, 2.24) is 0 Å². The van der Waals surface area contributed by atoms with E-state index in [2.05, 4.69) is 0 Å². The Kier molecular flexibility index (Phi) is 4.76. The lowest BCUT2D eigenvalue weighted by atomic mass is 9.87. The summed E-state index contributed by atoms with van der Waals surface area (Å²) in [4.78, 5) is 11.3. The van der Waals surface area contributed by atoms with E-state index in [1.54, 1.807) is 6.92 Å². The summed E-state index contributed by atoms with van der Waals surface area (Å²) in [7, 11) is 0. The van der Waals surface area contributed by atoms with Crippen LogP contribution in [0.3, 0.4) is 0 Å². The summed E-state index contributed by atoms with van der Waals surface area (Å²) in [6, 6.07) is 5.96. The Labute approximate surface area is 109 Å². The molecule has 0 spiro atoms. The zero-order chi connectivity index (χ0) is 13.8. The largest absolute Gasteiger partial charge is 0.492 e. The van der Waals surface area contributed by atoms with Crippen LogP contribution in [0.2, 0.25) is 0 Å². The molecule has 0 aromatic heterocycles. The zero-order valence-electron chi connectivity index (χ0n) is 11.6. The third kappa shape index (κ3) is 3.49. The molecular weight excluding hydrogens is 228 g/mol. The van der Waals surface area contributed by atoms with E-state index in [1.165, 1.54) is 0 Å². The number of carboxylic acids is 1. The van der Waals surface area contributed by atoms with Gasteiger partial charge >= 0.3 is 5.97 Å². The number of ether oxygens (including phenoxy) is 1. The highest BCUT2D eigenvalue weighted by atomic mass is 16.5. The molecule has 18 heavy (non-hydrogen) atoms. The van der Waals surface area contributed by atoms with Gasteiger partial charge in [0.15, 0.2) is 0 Å². The smallest absolute Gasteiger partial charge is 0.312 e. The summed E-state index contributed by atoms with van der Waals surface area (Å²) < 4.78 is 5.72. The summed E-state index contributed by atoms with van der Waals surface area (Å²) in [5.74, 6) is -0.0202. The maximum atomic E-state index is 11.3. The van der Waals surface area contributed by atoms with Crippen molar-refractivity contribution in [3.05, 3.63) is 29.3 Å². The van der Waals surface area contributed by atoms with E-state index in [0.29, 0.717) is 6.42 Å². The molecule has 3 heteroatoms. The fraction of sp³-hybridized carbons (Fsp3) is 0.533. The number of hydrogen-bond donors (Lipinski definition) is 1. The normalized spacial score (nSPS) is 14.0. The summed E-state index contributed by atoms with van der Waals surface area (Å²) in [5, 5.41) is 9.29. The van der Waals surface area contributed by atoms with Crippen molar-refractivity contribution in [3.63, 3.8) is 0 Å². The van der Waals surface area contributed by atoms with Crippen LogP contribution in [0.1, 0.15) is 37.8 Å². The minimum Gasteiger partial charge on any atom is -0.492 e. The second-order valence-corrected chi connectivity index (χ2v) is 5.17. The molecule has 0 fully saturated rings. The average molecular weight is 250 g/mol. The molecule has 1 atom stereocenters. The number of carbonyl (C=O) groups is 1. The number of carboxylic acid groups (broad SMARTS) is 1. The second kappa shape index (κ2) is 5.89. The number of rotatable bonds is 6. The molecule has 1 N–H and O–H groups in total. The molecule has 1 rings (SSSR count). The van der Waals surface area contributed by atoms with Crippen molar-refractivity contribution in [2.24, 2.45) is 5.41 Å². The van der Waals surface area contributed by atoms with Gasteiger partial charge in [0.05, 0.1) is 5.41 Å². The molecule has 0 radical (unpaired) electrons. The lowest BCUT2D eigenvalue weighted by molar-refractivity contribution is -0.150. The minimum absolute atomic E-state index is 0.209. The van der Waals surface area contributed by atoms with E-state index in [-0.39, 0.29) is 6.61 Å². The fourth-order valence-electron chi connectivity index (χ4n) is 1.89. The molecule has 0 bridgehead atoms. The Balaban J connectivity index is 2.79. The maximum absolute atomic E-state index is 11.3. The van der Waals surface area contributed by atoms with Crippen LogP contribution in [0.4, 0.5) is 0 Å². The quantitative estimate of drug-likeness (QED) is 0.839. The molecule has 1 aromatic carbocycles. The molecule has 1 aromatic rings. The third-order valence-corrected chi connectivity index (χ3v) is 3.21. The standard InChI is InChI=1S/C15H22O3/c1-5-8-15(4,14(16)17)10-18-13-9-11(2)6-7-12(13)3/h6-7,9H,5,8,10H2,1-4H3,(H,16,17). The monoisotopic (exact) mass is 250 g/mol. The Hall–Kier alpha value is -1.51. The molecule has 100 valence electrons. The van der Waals surface area contributed by atoms with Gasteiger partial charge in [-0.1, -0.05) is 25.5 Å². The Morgan fingerprint density at radius 2 is 2.06 bits per heavy atom. The van der Waals surface area contributed by atoms with Crippen molar-refractivity contribution < 1.29 is 14.6 Å². The minimum atomic E-state index is -0.815. The lowest BCUT2D eigenvalue weighted by Crippen LogP contribution is -2.34. The van der Waals surface area contributed by atoms with Crippen LogP contribution < -0.4 is 4.74 Å². The third-order valence-electron chi connectivity index (χ3n) is 3.21. The topological polar surface area (TPSA) is 46.5 Å². The van der Waals surface area contributed by atoms with Gasteiger partial charge in [-0.05, 0) is 44.4 Å².